The highest BCUT2D eigenvalue weighted by Crippen LogP contribution is 2.30. The van der Waals surface area contributed by atoms with Crippen LogP contribution in [0.4, 0.5) is 0 Å². The zero-order valence-electron chi connectivity index (χ0n) is 13.8. The van der Waals surface area contributed by atoms with Crippen molar-refractivity contribution in [3.63, 3.8) is 0 Å². The van der Waals surface area contributed by atoms with Gasteiger partial charge in [-0.05, 0) is 24.6 Å². The average Bonchev–Trinajstić information content (AvgIpc) is 2.86. The predicted molar refractivity (Wildman–Crippen MR) is 90.1 cm³/mol. The van der Waals surface area contributed by atoms with Crippen LogP contribution in [-0.4, -0.2) is 60.3 Å². The minimum absolute atomic E-state index is 0.0838. The van der Waals surface area contributed by atoms with Crippen LogP contribution in [0.3, 0.4) is 0 Å². The van der Waals surface area contributed by atoms with E-state index < -0.39 is 29.7 Å². The first-order valence-corrected chi connectivity index (χ1v) is 8.68. The van der Waals surface area contributed by atoms with E-state index in [-0.39, 0.29) is 30.6 Å². The lowest BCUT2D eigenvalue weighted by atomic mass is 10.0. The van der Waals surface area contributed by atoms with Crippen molar-refractivity contribution in [2.24, 2.45) is 0 Å². The molecular formula is C17H17ClN2O6. The second-order valence-corrected chi connectivity index (χ2v) is 6.18. The summed E-state index contributed by atoms with van der Waals surface area (Å²) in [6, 6.07) is 3.58. The Kier molecular flexibility index (Phi) is 5.53. The number of amides is 4. The Morgan fingerprint density at radius 1 is 1.08 bits per heavy atom. The highest BCUT2D eigenvalue weighted by molar-refractivity contribution is 6.23. The van der Waals surface area contributed by atoms with Crippen molar-refractivity contribution in [2.75, 3.05) is 25.7 Å². The summed E-state index contributed by atoms with van der Waals surface area (Å²) >= 11 is 5.50. The molecule has 2 heterocycles. The molecule has 138 valence electrons. The van der Waals surface area contributed by atoms with Gasteiger partial charge in [0.1, 0.15) is 18.4 Å². The lowest BCUT2D eigenvalue weighted by Crippen LogP contribution is -2.54. The monoisotopic (exact) mass is 380 g/mol. The standard InChI is InChI=1S/C17H17ClN2O6/c18-5-6-25-7-8-26-10-1-2-11-12(9-10)17(24)20(16(11)23)13-3-4-14(21)19-15(13)22/h1-2,9,13H,3-8H2,(H,19,21,22). The third-order valence-electron chi connectivity index (χ3n) is 4.13. The van der Waals surface area contributed by atoms with Crippen molar-refractivity contribution in [1.29, 1.82) is 0 Å². The van der Waals surface area contributed by atoms with Crippen LogP contribution in [0.5, 0.6) is 5.75 Å². The molecule has 1 fully saturated rings. The van der Waals surface area contributed by atoms with Crippen molar-refractivity contribution in [2.45, 2.75) is 18.9 Å². The number of piperidine rings is 1. The third kappa shape index (κ3) is 3.56. The largest absolute Gasteiger partial charge is 0.491 e. The molecule has 0 aliphatic carbocycles. The van der Waals surface area contributed by atoms with E-state index in [1.165, 1.54) is 12.1 Å². The zero-order chi connectivity index (χ0) is 18.7. The third-order valence-corrected chi connectivity index (χ3v) is 4.28. The van der Waals surface area contributed by atoms with Crippen LogP contribution in [0.1, 0.15) is 33.6 Å². The lowest BCUT2D eigenvalue weighted by molar-refractivity contribution is -0.136. The SMILES string of the molecule is O=C1CCC(N2C(=O)c3ccc(OCCOCCCl)cc3C2=O)C(=O)N1. The molecular weight excluding hydrogens is 364 g/mol. The average molecular weight is 381 g/mol. The Labute approximate surface area is 154 Å². The van der Waals surface area contributed by atoms with Crippen molar-refractivity contribution in [3.05, 3.63) is 29.3 Å². The lowest BCUT2D eigenvalue weighted by Gasteiger charge is -2.27. The summed E-state index contributed by atoms with van der Waals surface area (Å²) in [5, 5.41) is 2.16. The van der Waals surface area contributed by atoms with Crippen LogP contribution in [0.25, 0.3) is 0 Å². The van der Waals surface area contributed by atoms with Gasteiger partial charge in [0.15, 0.2) is 0 Å². The second-order valence-electron chi connectivity index (χ2n) is 5.80. The van der Waals surface area contributed by atoms with E-state index in [1.807, 2.05) is 0 Å². The summed E-state index contributed by atoms with van der Waals surface area (Å²) in [7, 11) is 0. The van der Waals surface area contributed by atoms with Crippen LogP contribution in [0.2, 0.25) is 0 Å². The number of benzene rings is 1. The van der Waals surface area contributed by atoms with Gasteiger partial charge in [0.25, 0.3) is 11.8 Å². The number of hydrogen-bond acceptors (Lipinski definition) is 6. The number of imide groups is 2. The highest BCUT2D eigenvalue weighted by Gasteiger charge is 2.44. The maximum atomic E-state index is 12.6. The van der Waals surface area contributed by atoms with Crippen LogP contribution in [0.15, 0.2) is 18.2 Å². The minimum atomic E-state index is -0.978. The summed E-state index contributed by atoms with van der Waals surface area (Å²) in [6.45, 7) is 1.04. The van der Waals surface area contributed by atoms with Crippen molar-refractivity contribution >= 4 is 35.2 Å². The van der Waals surface area contributed by atoms with Crippen LogP contribution >= 0.6 is 11.6 Å². The van der Waals surface area contributed by atoms with Crippen molar-refractivity contribution in [3.8, 4) is 5.75 Å². The van der Waals surface area contributed by atoms with E-state index in [9.17, 15) is 19.2 Å². The van der Waals surface area contributed by atoms with Gasteiger partial charge in [-0.2, -0.15) is 0 Å². The fourth-order valence-corrected chi connectivity index (χ4v) is 3.02. The molecule has 8 nitrogen and oxygen atoms in total. The Morgan fingerprint density at radius 3 is 2.58 bits per heavy atom. The van der Waals surface area contributed by atoms with Gasteiger partial charge >= 0.3 is 0 Å². The van der Waals surface area contributed by atoms with Gasteiger partial charge in [-0.15, -0.1) is 11.6 Å². The number of alkyl halides is 1. The quantitative estimate of drug-likeness (QED) is 0.425. The molecule has 1 unspecified atom stereocenters. The first-order chi connectivity index (χ1) is 12.5. The maximum absolute atomic E-state index is 12.6. The van der Waals surface area contributed by atoms with E-state index in [4.69, 9.17) is 21.1 Å². The summed E-state index contributed by atoms with van der Waals surface area (Å²) in [5.41, 5.74) is 0.393. The van der Waals surface area contributed by atoms with Gasteiger partial charge in [-0.1, -0.05) is 0 Å². The number of ether oxygens (including phenoxy) is 2. The van der Waals surface area contributed by atoms with Gasteiger partial charge in [0.2, 0.25) is 11.8 Å². The Balaban J connectivity index is 1.71. The van der Waals surface area contributed by atoms with E-state index >= 15 is 0 Å². The fraction of sp³-hybridized carbons (Fsp3) is 0.412. The predicted octanol–water partition coefficient (Wildman–Crippen LogP) is 0.722. The van der Waals surface area contributed by atoms with Crippen LogP contribution < -0.4 is 10.1 Å². The van der Waals surface area contributed by atoms with Gasteiger partial charge in [-0.3, -0.25) is 29.4 Å². The molecule has 2 aliphatic rings. The number of rotatable bonds is 7. The molecule has 0 spiro atoms. The molecule has 3 rings (SSSR count). The number of carbonyl (C=O) groups excluding carboxylic acids is 4. The van der Waals surface area contributed by atoms with Crippen molar-refractivity contribution < 1.29 is 28.7 Å². The molecule has 1 saturated heterocycles. The first-order valence-electron chi connectivity index (χ1n) is 8.15. The molecule has 2 aliphatic heterocycles. The molecule has 1 aromatic carbocycles. The van der Waals surface area contributed by atoms with E-state index in [0.717, 1.165) is 4.90 Å². The Hall–Kier alpha value is -2.45. The van der Waals surface area contributed by atoms with Gasteiger partial charge in [0.05, 0.1) is 24.3 Å². The first kappa shape index (κ1) is 18.3. The number of fused-ring (bicyclic) bond motifs is 1. The summed E-state index contributed by atoms with van der Waals surface area (Å²) in [4.78, 5) is 49.4. The molecule has 1 aromatic rings. The number of nitrogens with zero attached hydrogens (tertiary/aromatic N) is 1. The summed E-state index contributed by atoms with van der Waals surface area (Å²) in [6.07, 6.45) is 0.206. The topological polar surface area (TPSA) is 102 Å². The molecule has 0 saturated carbocycles. The molecule has 0 bridgehead atoms. The summed E-state index contributed by atoms with van der Waals surface area (Å²) < 4.78 is 10.7. The number of carbonyl (C=O) groups is 4. The molecule has 0 aromatic heterocycles. The smallest absolute Gasteiger partial charge is 0.262 e. The van der Waals surface area contributed by atoms with Gasteiger partial charge in [0, 0.05) is 12.3 Å². The highest BCUT2D eigenvalue weighted by atomic mass is 35.5. The molecule has 1 N–H and O–H groups in total. The van der Waals surface area contributed by atoms with Crippen LogP contribution in [0, 0.1) is 0 Å². The zero-order valence-corrected chi connectivity index (χ0v) is 14.6. The fourth-order valence-electron chi connectivity index (χ4n) is 2.91. The van der Waals surface area contributed by atoms with E-state index in [1.54, 1.807) is 6.07 Å². The van der Waals surface area contributed by atoms with Gasteiger partial charge < -0.3 is 9.47 Å². The Bertz CT molecular complexity index is 766. The minimum Gasteiger partial charge on any atom is -0.491 e. The molecule has 4 amide bonds. The van der Waals surface area contributed by atoms with Crippen molar-refractivity contribution in [1.82, 2.24) is 10.2 Å². The molecule has 9 heteroatoms. The van der Waals surface area contributed by atoms with Crippen LogP contribution in [-0.2, 0) is 14.3 Å². The second kappa shape index (κ2) is 7.84. The Morgan fingerprint density at radius 2 is 1.85 bits per heavy atom. The van der Waals surface area contributed by atoms with E-state index in [0.29, 0.717) is 24.8 Å². The molecule has 26 heavy (non-hydrogen) atoms. The number of halogens is 1. The molecule has 0 radical (unpaired) electrons. The maximum Gasteiger partial charge on any atom is 0.262 e. The molecule has 1 atom stereocenters. The van der Waals surface area contributed by atoms with Gasteiger partial charge in [-0.25, -0.2) is 0 Å². The van der Waals surface area contributed by atoms with E-state index in [2.05, 4.69) is 5.32 Å². The summed E-state index contributed by atoms with van der Waals surface area (Å²) in [5.74, 6) is -1.34. The number of nitrogens with one attached hydrogen (secondary N) is 1. The normalized spacial score (nSPS) is 19.6. The number of hydrogen-bond donors (Lipinski definition) is 1.